The molecule has 1 fully saturated rings. The zero-order valence-corrected chi connectivity index (χ0v) is 16.9. The molecule has 5 nitrogen and oxygen atoms in total. The zero-order valence-electron chi connectivity index (χ0n) is 14.7. The monoisotopic (exact) mass is 465 g/mol. The third-order valence-electron chi connectivity index (χ3n) is 4.36. The smallest absolute Gasteiger partial charge is 0.238 e. The van der Waals surface area contributed by atoms with Crippen LogP contribution >= 0.6 is 22.6 Å². The lowest BCUT2D eigenvalue weighted by atomic mass is 10.3. The van der Waals surface area contributed by atoms with E-state index in [1.807, 2.05) is 54.6 Å². The molecule has 3 rings (SSSR count). The molecule has 0 aromatic heterocycles. The summed E-state index contributed by atoms with van der Waals surface area (Å²) in [5.74, 6) is 0.964. The zero-order chi connectivity index (χ0) is 18.2. The maximum atomic E-state index is 12.2. The molecule has 1 saturated heterocycles. The Labute approximate surface area is 168 Å². The van der Waals surface area contributed by atoms with Gasteiger partial charge in [-0.3, -0.25) is 14.6 Å². The first-order valence-electron chi connectivity index (χ1n) is 8.87. The molecule has 0 atom stereocenters. The van der Waals surface area contributed by atoms with Crippen molar-refractivity contribution in [3.05, 3.63) is 58.2 Å². The number of halogens is 1. The number of anilines is 1. The summed E-state index contributed by atoms with van der Waals surface area (Å²) in [5.41, 5.74) is 0.860. The molecule has 1 aliphatic rings. The molecule has 0 bridgehead atoms. The van der Waals surface area contributed by atoms with Gasteiger partial charge in [-0.15, -0.1) is 0 Å². The van der Waals surface area contributed by atoms with Crippen molar-refractivity contribution < 1.29 is 9.53 Å². The Bertz CT molecular complexity index is 703. The van der Waals surface area contributed by atoms with E-state index in [2.05, 4.69) is 37.7 Å². The van der Waals surface area contributed by atoms with Crippen molar-refractivity contribution in [2.24, 2.45) is 0 Å². The minimum absolute atomic E-state index is 0.0489. The Morgan fingerprint density at radius 1 is 1.00 bits per heavy atom. The van der Waals surface area contributed by atoms with E-state index in [-0.39, 0.29) is 5.91 Å². The van der Waals surface area contributed by atoms with Gasteiger partial charge in [0.2, 0.25) is 5.91 Å². The van der Waals surface area contributed by atoms with Crippen LogP contribution in [0.4, 0.5) is 5.69 Å². The molecule has 6 heteroatoms. The van der Waals surface area contributed by atoms with Gasteiger partial charge in [0.25, 0.3) is 0 Å². The normalized spacial score (nSPS) is 15.6. The van der Waals surface area contributed by atoms with E-state index in [1.54, 1.807) is 0 Å². The second-order valence-corrected chi connectivity index (χ2v) is 7.58. The minimum atomic E-state index is 0.0489. The average Bonchev–Trinajstić information content (AvgIpc) is 2.64. The first-order chi connectivity index (χ1) is 12.7. The van der Waals surface area contributed by atoms with E-state index < -0.39 is 0 Å². The second-order valence-electron chi connectivity index (χ2n) is 6.34. The summed E-state index contributed by atoms with van der Waals surface area (Å²) < 4.78 is 6.87. The van der Waals surface area contributed by atoms with E-state index in [9.17, 15) is 4.79 Å². The lowest BCUT2D eigenvalue weighted by Gasteiger charge is -2.34. The number of para-hydroxylation sites is 1. The maximum absolute atomic E-state index is 12.2. The van der Waals surface area contributed by atoms with Gasteiger partial charge in [0.05, 0.1) is 6.54 Å². The van der Waals surface area contributed by atoms with Crippen LogP contribution in [0.1, 0.15) is 0 Å². The van der Waals surface area contributed by atoms with Crippen LogP contribution in [-0.2, 0) is 4.79 Å². The molecule has 1 amide bonds. The molecule has 26 heavy (non-hydrogen) atoms. The first-order valence-corrected chi connectivity index (χ1v) is 9.95. The molecule has 0 saturated carbocycles. The molecule has 1 heterocycles. The number of carbonyl (C=O) groups excluding carboxylic acids is 1. The van der Waals surface area contributed by atoms with Crippen LogP contribution in [0.25, 0.3) is 0 Å². The minimum Gasteiger partial charge on any atom is -0.492 e. The molecule has 0 radical (unpaired) electrons. The van der Waals surface area contributed by atoms with Gasteiger partial charge in [0.1, 0.15) is 12.4 Å². The van der Waals surface area contributed by atoms with Crippen LogP contribution in [0, 0.1) is 3.57 Å². The van der Waals surface area contributed by atoms with Crippen molar-refractivity contribution in [3.63, 3.8) is 0 Å². The number of amides is 1. The fourth-order valence-electron chi connectivity index (χ4n) is 2.95. The second kappa shape index (κ2) is 9.89. The van der Waals surface area contributed by atoms with Crippen LogP contribution in [0.2, 0.25) is 0 Å². The van der Waals surface area contributed by atoms with Crippen molar-refractivity contribution in [2.75, 3.05) is 51.2 Å². The predicted octanol–water partition coefficient (Wildman–Crippen LogP) is 2.93. The van der Waals surface area contributed by atoms with Crippen molar-refractivity contribution >= 4 is 34.2 Å². The average molecular weight is 465 g/mol. The van der Waals surface area contributed by atoms with E-state index in [0.29, 0.717) is 13.2 Å². The highest BCUT2D eigenvalue weighted by Crippen LogP contribution is 2.12. The summed E-state index contributed by atoms with van der Waals surface area (Å²) >= 11 is 2.25. The van der Waals surface area contributed by atoms with E-state index >= 15 is 0 Å². The third-order valence-corrected chi connectivity index (χ3v) is 5.03. The molecule has 1 aliphatic heterocycles. The Morgan fingerprint density at radius 2 is 1.73 bits per heavy atom. The van der Waals surface area contributed by atoms with Gasteiger partial charge in [-0.2, -0.15) is 0 Å². The number of nitrogens with one attached hydrogen (secondary N) is 1. The van der Waals surface area contributed by atoms with Gasteiger partial charge >= 0.3 is 0 Å². The Balaban J connectivity index is 1.33. The van der Waals surface area contributed by atoms with Crippen LogP contribution in [0.3, 0.4) is 0 Å². The molecular formula is C20H24IN3O2. The predicted molar refractivity (Wildman–Crippen MR) is 113 cm³/mol. The molecule has 0 aliphatic carbocycles. The van der Waals surface area contributed by atoms with Crippen LogP contribution < -0.4 is 10.1 Å². The van der Waals surface area contributed by atoms with Crippen molar-refractivity contribution in [3.8, 4) is 5.75 Å². The third kappa shape index (κ3) is 6.26. The van der Waals surface area contributed by atoms with E-state index in [1.165, 1.54) is 0 Å². The van der Waals surface area contributed by atoms with Gasteiger partial charge < -0.3 is 10.1 Å². The summed E-state index contributed by atoms with van der Waals surface area (Å²) in [6.45, 7) is 5.80. The Hall–Kier alpha value is -1.64. The number of nitrogens with zero attached hydrogens (tertiary/aromatic N) is 2. The topological polar surface area (TPSA) is 44.8 Å². The molecule has 138 valence electrons. The van der Waals surface area contributed by atoms with Gasteiger partial charge in [-0.1, -0.05) is 24.3 Å². The number of hydrogen-bond donors (Lipinski definition) is 1. The molecule has 0 unspecified atom stereocenters. The van der Waals surface area contributed by atoms with Gasteiger partial charge in [-0.05, 0) is 52.9 Å². The van der Waals surface area contributed by atoms with Gasteiger partial charge in [-0.25, -0.2) is 0 Å². The number of rotatable bonds is 7. The summed E-state index contributed by atoms with van der Waals surface area (Å²) in [5, 5.41) is 2.97. The lowest BCUT2D eigenvalue weighted by molar-refractivity contribution is -0.117. The Morgan fingerprint density at radius 3 is 2.46 bits per heavy atom. The van der Waals surface area contributed by atoms with Crippen molar-refractivity contribution in [2.45, 2.75) is 0 Å². The summed E-state index contributed by atoms with van der Waals surface area (Å²) in [6, 6.07) is 17.8. The molecule has 2 aromatic rings. The van der Waals surface area contributed by atoms with E-state index in [4.69, 9.17) is 4.74 Å². The SMILES string of the molecule is O=C(CN1CCN(CCOc2ccccc2)CC1)Nc1cccc(I)c1. The molecule has 0 spiro atoms. The van der Waals surface area contributed by atoms with Crippen molar-refractivity contribution in [1.82, 2.24) is 9.80 Å². The number of piperazine rings is 1. The van der Waals surface area contributed by atoms with E-state index in [0.717, 1.165) is 47.7 Å². The van der Waals surface area contributed by atoms with Crippen molar-refractivity contribution in [1.29, 1.82) is 0 Å². The quantitative estimate of drug-likeness (QED) is 0.639. The largest absolute Gasteiger partial charge is 0.492 e. The molecular weight excluding hydrogens is 441 g/mol. The number of ether oxygens (including phenoxy) is 1. The number of hydrogen-bond acceptors (Lipinski definition) is 4. The first kappa shape index (κ1) is 19.1. The fraction of sp³-hybridized carbons (Fsp3) is 0.350. The summed E-state index contributed by atoms with van der Waals surface area (Å²) in [6.07, 6.45) is 0. The Kier molecular flexibility index (Phi) is 7.28. The highest BCUT2D eigenvalue weighted by molar-refractivity contribution is 14.1. The standard InChI is InChI=1S/C20H24IN3O2/c21-17-5-4-6-18(15-17)22-20(25)16-24-11-9-23(10-12-24)13-14-26-19-7-2-1-3-8-19/h1-8,15H,9-14,16H2,(H,22,25). The highest BCUT2D eigenvalue weighted by atomic mass is 127. The van der Waals surface area contributed by atoms with Gasteiger partial charge in [0.15, 0.2) is 0 Å². The number of carbonyl (C=O) groups is 1. The lowest BCUT2D eigenvalue weighted by Crippen LogP contribution is -2.49. The van der Waals surface area contributed by atoms with Crippen LogP contribution in [-0.4, -0.2) is 61.6 Å². The van der Waals surface area contributed by atoms with Crippen LogP contribution in [0.5, 0.6) is 5.75 Å². The molecule has 2 aromatic carbocycles. The molecule has 1 N–H and O–H groups in total. The number of benzene rings is 2. The summed E-state index contributed by atoms with van der Waals surface area (Å²) in [7, 11) is 0. The van der Waals surface area contributed by atoms with Gasteiger partial charge in [0, 0.05) is 42.0 Å². The van der Waals surface area contributed by atoms with Crippen LogP contribution in [0.15, 0.2) is 54.6 Å². The summed E-state index contributed by atoms with van der Waals surface area (Å²) in [4.78, 5) is 16.8. The highest BCUT2D eigenvalue weighted by Gasteiger charge is 2.18. The fourth-order valence-corrected chi connectivity index (χ4v) is 3.49. The maximum Gasteiger partial charge on any atom is 0.238 e.